The van der Waals surface area contributed by atoms with Gasteiger partial charge in [-0.1, -0.05) is 12.1 Å². The van der Waals surface area contributed by atoms with Gasteiger partial charge < -0.3 is 9.84 Å². The van der Waals surface area contributed by atoms with Crippen molar-refractivity contribution in [2.75, 3.05) is 19.7 Å². The molecular weight excluding hydrogens is 298 g/mol. The zero-order chi connectivity index (χ0) is 15.6. The lowest BCUT2D eigenvalue weighted by Crippen LogP contribution is -2.48. The average molecular weight is 313 g/mol. The van der Waals surface area contributed by atoms with Crippen LogP contribution in [0.1, 0.15) is 17.3 Å². The zero-order valence-electron chi connectivity index (χ0n) is 11.4. The highest BCUT2D eigenvalue weighted by atomic mass is 32.2. The molecule has 0 radical (unpaired) electrons. The lowest BCUT2D eigenvalue weighted by atomic mass is 10.2. The predicted octanol–water partition coefficient (Wildman–Crippen LogP) is 0.363. The number of carboxylic acids is 1. The van der Waals surface area contributed by atoms with Crippen molar-refractivity contribution < 1.29 is 27.9 Å². The smallest absolute Gasteiger partial charge is 0.334 e. The number of rotatable bonds is 4. The summed E-state index contributed by atoms with van der Waals surface area (Å²) in [6, 6.07) is 5.56. The SMILES string of the molecule is CC(=O)c1ccc(S(=O)(=O)N2CCOC(C(=O)O)C2)cc1. The highest BCUT2D eigenvalue weighted by Gasteiger charge is 2.33. The van der Waals surface area contributed by atoms with E-state index in [0.29, 0.717) is 5.56 Å². The Bertz CT molecular complexity index is 652. The monoisotopic (exact) mass is 313 g/mol. The molecule has 2 rings (SSSR count). The summed E-state index contributed by atoms with van der Waals surface area (Å²) in [7, 11) is -3.79. The van der Waals surface area contributed by atoms with E-state index >= 15 is 0 Å². The van der Waals surface area contributed by atoms with E-state index in [2.05, 4.69) is 0 Å². The van der Waals surface area contributed by atoms with Gasteiger partial charge >= 0.3 is 5.97 Å². The first-order chi connectivity index (χ1) is 9.82. The molecule has 0 bridgehead atoms. The maximum absolute atomic E-state index is 12.4. The summed E-state index contributed by atoms with van der Waals surface area (Å²) in [4.78, 5) is 22.1. The number of hydrogen-bond donors (Lipinski definition) is 1. The first-order valence-electron chi connectivity index (χ1n) is 6.28. The van der Waals surface area contributed by atoms with Gasteiger partial charge in [-0.3, -0.25) is 4.79 Å². The lowest BCUT2D eigenvalue weighted by Gasteiger charge is -2.30. The van der Waals surface area contributed by atoms with Crippen molar-refractivity contribution >= 4 is 21.8 Å². The van der Waals surface area contributed by atoms with Gasteiger partial charge in [-0.2, -0.15) is 4.31 Å². The van der Waals surface area contributed by atoms with Gasteiger partial charge in [0.15, 0.2) is 11.9 Å². The molecule has 1 saturated heterocycles. The zero-order valence-corrected chi connectivity index (χ0v) is 12.2. The Morgan fingerprint density at radius 2 is 1.90 bits per heavy atom. The number of hydrogen-bond acceptors (Lipinski definition) is 5. The third-order valence-corrected chi connectivity index (χ3v) is 5.08. The molecule has 0 amide bonds. The summed E-state index contributed by atoms with van der Waals surface area (Å²) in [5.74, 6) is -1.35. The molecule has 0 aliphatic carbocycles. The van der Waals surface area contributed by atoms with Crippen LogP contribution in [0.3, 0.4) is 0 Å². The Labute approximate surface area is 122 Å². The molecule has 1 N–H and O–H groups in total. The number of morpholine rings is 1. The minimum Gasteiger partial charge on any atom is -0.479 e. The summed E-state index contributed by atoms with van der Waals surface area (Å²) in [6.45, 7) is 1.29. The molecule has 0 saturated carbocycles. The molecule has 1 unspecified atom stereocenters. The summed E-state index contributed by atoms with van der Waals surface area (Å²) >= 11 is 0. The van der Waals surface area contributed by atoms with Crippen molar-refractivity contribution in [2.24, 2.45) is 0 Å². The van der Waals surface area contributed by atoms with Crippen LogP contribution >= 0.6 is 0 Å². The van der Waals surface area contributed by atoms with Gasteiger partial charge in [0.05, 0.1) is 18.0 Å². The Morgan fingerprint density at radius 1 is 1.29 bits per heavy atom. The number of aliphatic carboxylic acids is 1. The summed E-state index contributed by atoms with van der Waals surface area (Å²) in [5, 5.41) is 8.91. The summed E-state index contributed by atoms with van der Waals surface area (Å²) < 4.78 is 30.9. The molecule has 1 heterocycles. The van der Waals surface area contributed by atoms with Crippen LogP contribution in [0.25, 0.3) is 0 Å². The van der Waals surface area contributed by atoms with E-state index in [1.807, 2.05) is 0 Å². The van der Waals surface area contributed by atoms with E-state index in [1.54, 1.807) is 0 Å². The minimum absolute atomic E-state index is 0.0264. The van der Waals surface area contributed by atoms with Crippen molar-refractivity contribution in [2.45, 2.75) is 17.9 Å². The minimum atomic E-state index is -3.79. The fourth-order valence-corrected chi connectivity index (χ4v) is 3.43. The van der Waals surface area contributed by atoms with Gasteiger partial charge in [0.1, 0.15) is 0 Å². The van der Waals surface area contributed by atoms with Crippen molar-refractivity contribution in [3.63, 3.8) is 0 Å². The molecule has 21 heavy (non-hydrogen) atoms. The predicted molar refractivity (Wildman–Crippen MR) is 72.6 cm³/mol. The number of ether oxygens (including phenoxy) is 1. The van der Waals surface area contributed by atoms with E-state index in [4.69, 9.17) is 9.84 Å². The first-order valence-corrected chi connectivity index (χ1v) is 7.72. The number of ketones is 1. The van der Waals surface area contributed by atoms with Crippen LogP contribution in [-0.4, -0.2) is 55.4 Å². The molecule has 114 valence electrons. The number of benzene rings is 1. The van der Waals surface area contributed by atoms with Crippen LogP contribution in [-0.2, 0) is 19.6 Å². The molecule has 0 aromatic heterocycles. The Hall–Kier alpha value is -1.77. The third-order valence-electron chi connectivity index (χ3n) is 3.20. The average Bonchev–Trinajstić information content (AvgIpc) is 2.47. The van der Waals surface area contributed by atoms with Crippen molar-refractivity contribution in [1.82, 2.24) is 4.31 Å². The van der Waals surface area contributed by atoms with E-state index < -0.39 is 22.1 Å². The molecule has 1 aliphatic rings. The molecule has 7 nitrogen and oxygen atoms in total. The van der Waals surface area contributed by atoms with Gasteiger partial charge in [-0.25, -0.2) is 13.2 Å². The molecule has 1 fully saturated rings. The number of carboxylic acid groups (broad SMARTS) is 1. The fraction of sp³-hybridized carbons (Fsp3) is 0.385. The maximum atomic E-state index is 12.4. The second kappa shape index (κ2) is 5.92. The second-order valence-corrected chi connectivity index (χ2v) is 6.58. The molecule has 1 atom stereocenters. The molecule has 1 aliphatic heterocycles. The number of carbonyl (C=O) groups is 2. The number of sulfonamides is 1. The number of Topliss-reactive ketones (excluding diaryl/α,β-unsaturated/α-hetero) is 1. The quantitative estimate of drug-likeness (QED) is 0.806. The molecule has 8 heteroatoms. The normalized spacial score (nSPS) is 20.1. The second-order valence-electron chi connectivity index (χ2n) is 4.64. The van der Waals surface area contributed by atoms with Gasteiger partial charge in [0, 0.05) is 12.1 Å². The van der Waals surface area contributed by atoms with Crippen LogP contribution < -0.4 is 0 Å². The van der Waals surface area contributed by atoms with Crippen LogP contribution in [0, 0.1) is 0 Å². The molecule has 1 aromatic rings. The molecule has 1 aromatic carbocycles. The van der Waals surface area contributed by atoms with E-state index in [9.17, 15) is 18.0 Å². The van der Waals surface area contributed by atoms with E-state index in [-0.39, 0.29) is 30.4 Å². The lowest BCUT2D eigenvalue weighted by molar-refractivity contribution is -0.153. The molecule has 0 spiro atoms. The maximum Gasteiger partial charge on any atom is 0.334 e. The van der Waals surface area contributed by atoms with Crippen LogP contribution in [0.15, 0.2) is 29.2 Å². The van der Waals surface area contributed by atoms with Gasteiger partial charge in [0.2, 0.25) is 10.0 Å². The van der Waals surface area contributed by atoms with Crippen molar-refractivity contribution in [1.29, 1.82) is 0 Å². The highest BCUT2D eigenvalue weighted by Crippen LogP contribution is 2.19. The Balaban J connectivity index is 2.24. The Kier molecular flexibility index (Phi) is 4.40. The number of nitrogens with zero attached hydrogens (tertiary/aromatic N) is 1. The highest BCUT2D eigenvalue weighted by molar-refractivity contribution is 7.89. The van der Waals surface area contributed by atoms with Crippen molar-refractivity contribution in [3.8, 4) is 0 Å². The van der Waals surface area contributed by atoms with Gasteiger partial charge in [-0.15, -0.1) is 0 Å². The molecular formula is C13H15NO6S. The summed E-state index contributed by atoms with van der Waals surface area (Å²) in [5.41, 5.74) is 0.416. The standard InChI is InChI=1S/C13H15NO6S/c1-9(15)10-2-4-11(5-3-10)21(18,19)14-6-7-20-12(8-14)13(16)17/h2-5,12H,6-8H2,1H3,(H,16,17). The van der Waals surface area contributed by atoms with E-state index in [0.717, 1.165) is 4.31 Å². The van der Waals surface area contributed by atoms with E-state index in [1.165, 1.54) is 31.2 Å². The van der Waals surface area contributed by atoms with Gasteiger partial charge in [-0.05, 0) is 19.1 Å². The Morgan fingerprint density at radius 3 is 2.43 bits per heavy atom. The topological polar surface area (TPSA) is 101 Å². The van der Waals surface area contributed by atoms with Crippen molar-refractivity contribution in [3.05, 3.63) is 29.8 Å². The van der Waals surface area contributed by atoms with Crippen LogP contribution in [0.4, 0.5) is 0 Å². The largest absolute Gasteiger partial charge is 0.479 e. The van der Waals surface area contributed by atoms with Crippen LogP contribution in [0.2, 0.25) is 0 Å². The fourth-order valence-electron chi connectivity index (χ4n) is 2.00. The first kappa shape index (κ1) is 15.6. The summed E-state index contributed by atoms with van der Waals surface area (Å²) in [6.07, 6.45) is -1.16. The third kappa shape index (κ3) is 3.29. The van der Waals surface area contributed by atoms with Crippen LogP contribution in [0.5, 0.6) is 0 Å². The van der Waals surface area contributed by atoms with Gasteiger partial charge in [0.25, 0.3) is 0 Å². The number of carbonyl (C=O) groups excluding carboxylic acids is 1.